The van der Waals surface area contributed by atoms with Crippen molar-refractivity contribution in [2.45, 2.75) is 6.61 Å². The Morgan fingerprint density at radius 1 is 1.29 bits per heavy atom. The number of hydroxylamine groups is 2. The number of nitrogens with two attached hydrogens (primary N) is 2. The number of benzene rings is 1. The molecular weight excluding hydrogens is 232 g/mol. The molecule has 0 aromatic heterocycles. The maximum absolute atomic E-state index is 12.0. The molecule has 0 amide bonds. The molecule has 1 aromatic rings. The topological polar surface area (TPSA) is 101 Å². The molecule has 0 radical (unpaired) electrons. The van der Waals surface area contributed by atoms with Crippen LogP contribution >= 0.6 is 0 Å². The van der Waals surface area contributed by atoms with Gasteiger partial charge in [0.25, 0.3) is 0 Å². The summed E-state index contributed by atoms with van der Waals surface area (Å²) in [7, 11) is 0. The molecule has 0 aliphatic heterocycles. The van der Waals surface area contributed by atoms with Crippen LogP contribution in [-0.4, -0.2) is 23.6 Å². The second-order valence-corrected chi connectivity index (χ2v) is 2.85. The van der Waals surface area contributed by atoms with E-state index in [9.17, 15) is 8.78 Å². The second-order valence-electron chi connectivity index (χ2n) is 2.85. The normalized spacial score (nSPS) is 11.6. The van der Waals surface area contributed by atoms with Crippen LogP contribution in [0.3, 0.4) is 0 Å². The van der Waals surface area contributed by atoms with Gasteiger partial charge in [0.15, 0.2) is 0 Å². The van der Waals surface area contributed by atoms with Crippen LogP contribution in [0.4, 0.5) is 14.5 Å². The Bertz CT molecular complexity index is 409. The van der Waals surface area contributed by atoms with E-state index < -0.39 is 18.5 Å². The Kier molecular flexibility index (Phi) is 4.35. The Hall–Kier alpha value is -2.22. The van der Waals surface area contributed by atoms with Crippen molar-refractivity contribution in [3.05, 3.63) is 30.3 Å². The van der Waals surface area contributed by atoms with Crippen molar-refractivity contribution in [2.24, 2.45) is 16.5 Å². The van der Waals surface area contributed by atoms with Gasteiger partial charge < -0.3 is 11.5 Å². The molecule has 0 bridgehead atoms. The van der Waals surface area contributed by atoms with E-state index >= 15 is 0 Å². The van der Waals surface area contributed by atoms with Gasteiger partial charge in [0.2, 0.25) is 11.9 Å². The van der Waals surface area contributed by atoms with E-state index in [1.807, 2.05) is 0 Å². The maximum atomic E-state index is 12.0. The first-order valence-electron chi connectivity index (χ1n) is 4.49. The number of guanidine groups is 2. The summed E-state index contributed by atoms with van der Waals surface area (Å²) in [4.78, 5) is 7.72. The lowest BCUT2D eigenvalue weighted by atomic mass is 10.3. The van der Waals surface area contributed by atoms with Gasteiger partial charge in [0, 0.05) is 0 Å². The van der Waals surface area contributed by atoms with Crippen molar-refractivity contribution in [3.8, 4) is 0 Å². The van der Waals surface area contributed by atoms with E-state index in [2.05, 4.69) is 9.83 Å². The van der Waals surface area contributed by atoms with Crippen molar-refractivity contribution in [3.63, 3.8) is 0 Å². The molecular formula is C9H11F2N5O. The van der Waals surface area contributed by atoms with Crippen LogP contribution in [0.1, 0.15) is 0 Å². The summed E-state index contributed by atoms with van der Waals surface area (Å²) in [5, 5.41) is 7.27. The predicted octanol–water partition coefficient (Wildman–Crippen LogP) is 0.982. The molecule has 0 saturated carbocycles. The van der Waals surface area contributed by atoms with Crippen LogP contribution in [0.15, 0.2) is 35.3 Å². The number of para-hydroxylation sites is 1. The van der Waals surface area contributed by atoms with Crippen LogP contribution in [-0.2, 0) is 4.84 Å². The zero-order chi connectivity index (χ0) is 12.8. The third kappa shape index (κ3) is 4.03. The van der Waals surface area contributed by atoms with Gasteiger partial charge in [-0.1, -0.05) is 18.2 Å². The summed E-state index contributed by atoms with van der Waals surface area (Å²) in [6, 6.07) is 8.35. The molecule has 6 nitrogen and oxygen atoms in total. The van der Waals surface area contributed by atoms with E-state index in [4.69, 9.17) is 16.9 Å². The monoisotopic (exact) mass is 243 g/mol. The molecule has 1 rings (SSSR count). The highest BCUT2D eigenvalue weighted by molar-refractivity contribution is 5.95. The number of hydrogen-bond donors (Lipinski definition) is 3. The predicted molar refractivity (Wildman–Crippen MR) is 58.6 cm³/mol. The van der Waals surface area contributed by atoms with E-state index in [-0.39, 0.29) is 5.06 Å². The minimum atomic E-state index is -3.15. The number of nitrogens with zero attached hydrogens (tertiary/aromatic N) is 2. The number of alkyl halides is 2. The van der Waals surface area contributed by atoms with Gasteiger partial charge in [0.1, 0.15) is 0 Å². The summed E-state index contributed by atoms with van der Waals surface area (Å²) in [5.41, 5.74) is 10.9. The number of aliphatic imine (C=N–C) groups is 1. The molecule has 5 N–H and O–H groups in total. The summed E-state index contributed by atoms with van der Waals surface area (Å²) >= 11 is 0. The largest absolute Gasteiger partial charge is 0.368 e. The number of rotatable bonds is 3. The fourth-order valence-corrected chi connectivity index (χ4v) is 0.994. The molecule has 8 heteroatoms. The highest BCUT2D eigenvalue weighted by Gasteiger charge is 2.17. The number of halogens is 2. The van der Waals surface area contributed by atoms with Gasteiger partial charge >= 0.3 is 6.61 Å². The first kappa shape index (κ1) is 12.8. The zero-order valence-corrected chi connectivity index (χ0v) is 8.68. The molecule has 0 aliphatic rings. The Morgan fingerprint density at radius 2 is 1.88 bits per heavy atom. The van der Waals surface area contributed by atoms with Gasteiger partial charge in [-0.3, -0.25) is 5.41 Å². The first-order valence-corrected chi connectivity index (χ1v) is 4.49. The van der Waals surface area contributed by atoms with E-state index in [1.54, 1.807) is 30.3 Å². The lowest BCUT2D eigenvalue weighted by Gasteiger charge is -2.19. The first-order chi connectivity index (χ1) is 8.00. The summed E-state index contributed by atoms with van der Waals surface area (Å²) in [6.07, 6.45) is 0. The average Bonchev–Trinajstić information content (AvgIpc) is 2.26. The molecule has 0 fully saturated rings. The minimum Gasteiger partial charge on any atom is -0.368 e. The van der Waals surface area contributed by atoms with Crippen LogP contribution in [0.25, 0.3) is 0 Å². The standard InChI is InChI=1S/C9H11F2N5O/c10-7(11)17-16(8(12)13)9(14)15-6-4-2-1-3-5-6/h1-5,7H,(H3,12,13)(H2,14,15). The molecule has 1 aromatic carbocycles. The van der Waals surface area contributed by atoms with Crippen molar-refractivity contribution >= 4 is 17.6 Å². The van der Waals surface area contributed by atoms with E-state index in [0.717, 1.165) is 0 Å². The second kappa shape index (κ2) is 5.75. The fraction of sp³-hybridized carbons (Fsp3) is 0.111. The Labute approximate surface area is 95.9 Å². The summed E-state index contributed by atoms with van der Waals surface area (Å²) < 4.78 is 24.0. The summed E-state index contributed by atoms with van der Waals surface area (Å²) in [5.74, 6) is -1.24. The third-order valence-electron chi connectivity index (χ3n) is 1.61. The highest BCUT2D eigenvalue weighted by Crippen LogP contribution is 2.10. The molecule has 0 spiro atoms. The smallest absolute Gasteiger partial charge is 0.365 e. The van der Waals surface area contributed by atoms with Crippen molar-refractivity contribution in [1.29, 1.82) is 5.41 Å². The maximum Gasteiger partial charge on any atom is 0.365 e. The van der Waals surface area contributed by atoms with Gasteiger partial charge in [-0.05, 0) is 12.1 Å². The van der Waals surface area contributed by atoms with Gasteiger partial charge in [-0.2, -0.15) is 13.6 Å². The fourth-order valence-electron chi connectivity index (χ4n) is 0.994. The van der Waals surface area contributed by atoms with Crippen LogP contribution in [0.5, 0.6) is 0 Å². The van der Waals surface area contributed by atoms with Crippen LogP contribution in [0, 0.1) is 5.41 Å². The number of hydrogen-bond acceptors (Lipinski definition) is 3. The molecule has 0 aliphatic carbocycles. The van der Waals surface area contributed by atoms with Gasteiger partial charge in [-0.15, -0.1) is 5.06 Å². The van der Waals surface area contributed by atoms with E-state index in [1.165, 1.54) is 0 Å². The molecule has 0 atom stereocenters. The molecule has 0 unspecified atom stereocenters. The third-order valence-corrected chi connectivity index (χ3v) is 1.61. The molecule has 17 heavy (non-hydrogen) atoms. The van der Waals surface area contributed by atoms with Crippen molar-refractivity contribution in [1.82, 2.24) is 5.06 Å². The lowest BCUT2D eigenvalue weighted by molar-refractivity contribution is -0.220. The summed E-state index contributed by atoms with van der Waals surface area (Å²) in [6.45, 7) is -3.15. The Balaban J connectivity index is 2.88. The molecule has 92 valence electrons. The lowest BCUT2D eigenvalue weighted by Crippen LogP contribution is -2.46. The highest BCUT2D eigenvalue weighted by atomic mass is 19.3. The van der Waals surface area contributed by atoms with Crippen LogP contribution in [0.2, 0.25) is 0 Å². The quantitative estimate of drug-likeness (QED) is 0.418. The zero-order valence-electron chi connectivity index (χ0n) is 8.68. The SMILES string of the molecule is N=C(N)N(OC(F)F)C(N)=Nc1ccccc1. The van der Waals surface area contributed by atoms with Crippen molar-refractivity contribution in [2.75, 3.05) is 0 Å². The molecule has 0 heterocycles. The average molecular weight is 243 g/mol. The minimum absolute atomic E-state index is 0.248. The Morgan fingerprint density at radius 3 is 2.35 bits per heavy atom. The molecule has 0 saturated heterocycles. The van der Waals surface area contributed by atoms with Crippen molar-refractivity contribution < 1.29 is 13.6 Å². The van der Waals surface area contributed by atoms with Gasteiger partial charge in [0.05, 0.1) is 5.69 Å². The van der Waals surface area contributed by atoms with Crippen LogP contribution < -0.4 is 11.5 Å². The van der Waals surface area contributed by atoms with E-state index in [0.29, 0.717) is 5.69 Å². The number of nitrogens with one attached hydrogen (secondary N) is 1. The van der Waals surface area contributed by atoms with Gasteiger partial charge in [-0.25, -0.2) is 4.99 Å².